The van der Waals surface area contributed by atoms with Crippen LogP contribution in [0.1, 0.15) is 30.9 Å². The molecule has 0 fully saturated rings. The number of benzene rings is 3. The minimum Gasteiger partial charge on any atom is -0.486 e. The Bertz CT molecular complexity index is 1580. The van der Waals surface area contributed by atoms with E-state index in [4.69, 9.17) is 16.3 Å². The number of hydrogen-bond donors (Lipinski definition) is 0. The van der Waals surface area contributed by atoms with E-state index in [1.165, 1.54) is 37.4 Å². The standard InChI is InChI=1S/C28H24ClF4NO6S/c1-16(27-20(29)4-3-5-22(27)31)12-17-6-10-24-23(13-17)34(15-18(39-24)7-11-26(35)38-2)41(36,37)19-8-9-21(30)25(14-19)40-28(32)33/h3-6,8-10,12-14,18,28H,7,11,15H2,1-2H3/b16-12+. The molecule has 0 aliphatic carbocycles. The fourth-order valence-corrected chi connectivity index (χ4v) is 6.16. The number of halogens is 5. The third-order valence-electron chi connectivity index (χ3n) is 6.26. The molecule has 218 valence electrons. The summed E-state index contributed by atoms with van der Waals surface area (Å²) in [6, 6.07) is 11.2. The number of anilines is 1. The van der Waals surface area contributed by atoms with Gasteiger partial charge in [-0.3, -0.25) is 9.10 Å². The lowest BCUT2D eigenvalue weighted by Gasteiger charge is -2.35. The summed E-state index contributed by atoms with van der Waals surface area (Å²) in [4.78, 5) is 11.2. The first-order valence-electron chi connectivity index (χ1n) is 12.2. The number of hydrogen-bond acceptors (Lipinski definition) is 6. The molecule has 1 aliphatic rings. The monoisotopic (exact) mass is 613 g/mol. The molecule has 3 aromatic rings. The van der Waals surface area contributed by atoms with E-state index < -0.39 is 51.0 Å². The second-order valence-electron chi connectivity index (χ2n) is 9.01. The fraction of sp³-hybridized carbons (Fsp3) is 0.250. The van der Waals surface area contributed by atoms with Crippen LogP contribution in [0.5, 0.6) is 11.5 Å². The van der Waals surface area contributed by atoms with Crippen molar-refractivity contribution in [2.75, 3.05) is 18.0 Å². The summed E-state index contributed by atoms with van der Waals surface area (Å²) in [5.41, 5.74) is 1.19. The molecule has 0 bridgehead atoms. The first-order valence-corrected chi connectivity index (χ1v) is 14.0. The largest absolute Gasteiger partial charge is 0.486 e. The Hall–Kier alpha value is -3.77. The molecule has 0 saturated heterocycles. The lowest BCUT2D eigenvalue weighted by atomic mass is 10.0. The summed E-state index contributed by atoms with van der Waals surface area (Å²) in [7, 11) is -3.28. The first-order chi connectivity index (χ1) is 19.4. The zero-order chi connectivity index (χ0) is 29.9. The Kier molecular flexibility index (Phi) is 9.13. The Labute approximate surface area is 238 Å². The number of nitrogens with zero attached hydrogens (tertiary/aromatic N) is 1. The summed E-state index contributed by atoms with van der Waals surface area (Å²) in [6.07, 6.45) is 0.865. The fourth-order valence-electron chi connectivity index (χ4n) is 4.33. The van der Waals surface area contributed by atoms with Gasteiger partial charge in [-0.05, 0) is 60.9 Å². The molecular weight excluding hydrogens is 590 g/mol. The smallest absolute Gasteiger partial charge is 0.387 e. The molecule has 0 spiro atoms. The molecule has 0 saturated carbocycles. The van der Waals surface area contributed by atoms with Gasteiger partial charge in [0.1, 0.15) is 17.7 Å². The Balaban J connectivity index is 1.78. The Morgan fingerprint density at radius 3 is 2.59 bits per heavy atom. The number of alkyl halides is 2. The molecule has 0 radical (unpaired) electrons. The molecular formula is C28H24ClF4NO6S. The van der Waals surface area contributed by atoms with Gasteiger partial charge in [0.2, 0.25) is 0 Å². The molecule has 0 amide bonds. The maximum atomic E-state index is 14.5. The number of ether oxygens (including phenoxy) is 3. The lowest BCUT2D eigenvalue weighted by molar-refractivity contribution is -0.141. The maximum Gasteiger partial charge on any atom is 0.387 e. The van der Waals surface area contributed by atoms with Crippen LogP contribution in [0.25, 0.3) is 11.6 Å². The zero-order valence-electron chi connectivity index (χ0n) is 21.7. The number of carbonyl (C=O) groups is 1. The van der Waals surface area contributed by atoms with Crippen molar-refractivity contribution < 1.29 is 45.0 Å². The third-order valence-corrected chi connectivity index (χ3v) is 8.35. The molecule has 7 nitrogen and oxygen atoms in total. The Morgan fingerprint density at radius 1 is 1.15 bits per heavy atom. The molecule has 13 heteroatoms. The number of carbonyl (C=O) groups excluding carboxylic acids is 1. The van der Waals surface area contributed by atoms with Crippen molar-refractivity contribution in [3.05, 3.63) is 82.4 Å². The quantitative estimate of drug-likeness (QED) is 0.152. The highest BCUT2D eigenvalue weighted by Crippen LogP contribution is 2.40. The molecule has 0 aromatic heterocycles. The van der Waals surface area contributed by atoms with Gasteiger partial charge in [-0.2, -0.15) is 8.78 Å². The molecule has 41 heavy (non-hydrogen) atoms. The van der Waals surface area contributed by atoms with E-state index in [0.717, 1.165) is 10.4 Å². The topological polar surface area (TPSA) is 82.1 Å². The van der Waals surface area contributed by atoms with Gasteiger partial charge in [0.15, 0.2) is 11.6 Å². The third kappa shape index (κ3) is 6.76. The molecule has 1 heterocycles. The summed E-state index contributed by atoms with van der Waals surface area (Å²) >= 11 is 6.19. The van der Waals surface area contributed by atoms with Crippen molar-refractivity contribution in [1.82, 2.24) is 0 Å². The van der Waals surface area contributed by atoms with Gasteiger partial charge < -0.3 is 14.2 Å². The van der Waals surface area contributed by atoms with Crippen LogP contribution in [0.15, 0.2) is 59.5 Å². The second-order valence-corrected chi connectivity index (χ2v) is 11.3. The van der Waals surface area contributed by atoms with Crippen LogP contribution in [0.4, 0.5) is 23.2 Å². The number of fused-ring (bicyclic) bond motifs is 1. The van der Waals surface area contributed by atoms with Crippen molar-refractivity contribution in [2.24, 2.45) is 0 Å². The van der Waals surface area contributed by atoms with E-state index in [1.54, 1.807) is 19.1 Å². The maximum absolute atomic E-state index is 14.5. The van der Waals surface area contributed by atoms with Crippen LogP contribution >= 0.6 is 11.6 Å². The van der Waals surface area contributed by atoms with Crippen LogP contribution in [-0.2, 0) is 19.6 Å². The minimum atomic E-state index is -4.49. The van der Waals surface area contributed by atoms with Gasteiger partial charge in [-0.1, -0.05) is 29.8 Å². The van der Waals surface area contributed by atoms with Gasteiger partial charge in [-0.15, -0.1) is 0 Å². The zero-order valence-corrected chi connectivity index (χ0v) is 23.3. The van der Waals surface area contributed by atoms with E-state index >= 15 is 0 Å². The van der Waals surface area contributed by atoms with Crippen molar-refractivity contribution in [2.45, 2.75) is 37.4 Å². The van der Waals surface area contributed by atoms with Gasteiger partial charge >= 0.3 is 12.6 Å². The molecule has 1 unspecified atom stereocenters. The molecule has 0 N–H and O–H groups in total. The summed E-state index contributed by atoms with van der Waals surface area (Å²) < 4.78 is 97.5. The number of sulfonamides is 1. The van der Waals surface area contributed by atoms with Crippen LogP contribution in [0.3, 0.4) is 0 Å². The summed E-state index contributed by atoms with van der Waals surface area (Å²) in [5, 5.41) is 0.191. The van der Waals surface area contributed by atoms with Gasteiger partial charge in [0.25, 0.3) is 10.0 Å². The molecule has 3 aromatic carbocycles. The lowest BCUT2D eigenvalue weighted by Crippen LogP contribution is -2.43. The molecule has 1 aliphatic heterocycles. The van der Waals surface area contributed by atoms with Crippen molar-refractivity contribution >= 4 is 44.9 Å². The van der Waals surface area contributed by atoms with E-state index in [0.29, 0.717) is 23.3 Å². The summed E-state index contributed by atoms with van der Waals surface area (Å²) in [6.45, 7) is -2.00. The number of methoxy groups -OCH3 is 1. The second kappa shape index (κ2) is 12.4. The predicted molar refractivity (Wildman–Crippen MR) is 145 cm³/mol. The highest BCUT2D eigenvalue weighted by atomic mass is 35.5. The summed E-state index contributed by atoms with van der Waals surface area (Å²) in [5.74, 6) is -3.02. The van der Waals surface area contributed by atoms with Crippen LogP contribution in [0, 0.1) is 11.6 Å². The van der Waals surface area contributed by atoms with E-state index in [-0.39, 0.29) is 41.4 Å². The van der Waals surface area contributed by atoms with Crippen LogP contribution < -0.4 is 13.8 Å². The van der Waals surface area contributed by atoms with Crippen LogP contribution in [-0.4, -0.2) is 40.8 Å². The van der Waals surface area contributed by atoms with Gasteiger partial charge in [0, 0.05) is 18.1 Å². The van der Waals surface area contributed by atoms with Crippen molar-refractivity contribution in [1.29, 1.82) is 0 Å². The highest BCUT2D eigenvalue weighted by molar-refractivity contribution is 7.92. The Morgan fingerprint density at radius 2 is 1.90 bits per heavy atom. The number of rotatable bonds is 9. The van der Waals surface area contributed by atoms with Gasteiger partial charge in [-0.25, -0.2) is 17.2 Å². The first kappa shape index (κ1) is 30.2. The number of allylic oxidation sites excluding steroid dienone is 1. The minimum absolute atomic E-state index is 0.0588. The molecule has 4 rings (SSSR count). The van der Waals surface area contributed by atoms with E-state index in [2.05, 4.69) is 9.47 Å². The number of esters is 1. The predicted octanol–water partition coefficient (Wildman–Crippen LogP) is 6.69. The van der Waals surface area contributed by atoms with Crippen LogP contribution in [0.2, 0.25) is 5.02 Å². The van der Waals surface area contributed by atoms with Crippen molar-refractivity contribution in [3.63, 3.8) is 0 Å². The van der Waals surface area contributed by atoms with Crippen molar-refractivity contribution in [3.8, 4) is 11.5 Å². The van der Waals surface area contributed by atoms with E-state index in [1.807, 2.05) is 0 Å². The molecule has 1 atom stereocenters. The van der Waals surface area contributed by atoms with E-state index in [9.17, 15) is 30.8 Å². The highest BCUT2D eigenvalue weighted by Gasteiger charge is 2.35. The van der Waals surface area contributed by atoms with Gasteiger partial charge in [0.05, 0.1) is 29.3 Å². The average Bonchev–Trinajstić information content (AvgIpc) is 2.92. The SMILES string of the molecule is COC(=O)CCC1CN(S(=O)(=O)c2ccc(F)c(OC(F)F)c2)c2cc(/C=C(\C)c3c(F)cccc3Cl)ccc2O1. The normalized spacial score (nSPS) is 15.4. The average molecular weight is 614 g/mol.